The fraction of sp³-hybridized carbons (Fsp3) is 0.500. The number of carbonyl (C=O) groups excluding carboxylic acids is 1. The number of nitrogens with zero attached hydrogens (tertiary/aromatic N) is 1. The van der Waals surface area contributed by atoms with Gasteiger partial charge in [-0.2, -0.15) is 0 Å². The van der Waals surface area contributed by atoms with Crippen molar-refractivity contribution in [3.05, 3.63) is 69.7 Å². The molecule has 5 atom stereocenters. The lowest BCUT2D eigenvalue weighted by atomic mass is 9.63. The topological polar surface area (TPSA) is 40.5 Å². The van der Waals surface area contributed by atoms with Crippen molar-refractivity contribution in [3.63, 3.8) is 0 Å². The molecule has 1 heterocycles. The Morgan fingerprint density at radius 2 is 1.74 bits per heavy atom. The fourth-order valence-electron chi connectivity index (χ4n) is 5.03. The molecule has 0 radical (unpaired) electrons. The zero-order valence-electron chi connectivity index (χ0n) is 18.8. The number of aliphatic hydroxyl groups excluding tert-OH is 1. The molecular formula is C26H33Cl2NO2. The van der Waals surface area contributed by atoms with E-state index >= 15 is 0 Å². The molecule has 0 aliphatic carbocycles. The average molecular weight is 462 g/mol. The van der Waals surface area contributed by atoms with Gasteiger partial charge in [0.05, 0.1) is 18.7 Å². The number of rotatable bonds is 7. The number of hydrogen-bond acceptors (Lipinski definition) is 2. The van der Waals surface area contributed by atoms with Crippen LogP contribution in [0.2, 0.25) is 10.0 Å². The molecule has 2 aromatic rings. The van der Waals surface area contributed by atoms with Crippen molar-refractivity contribution in [2.24, 2.45) is 11.3 Å². The first-order chi connectivity index (χ1) is 14.8. The molecule has 1 saturated heterocycles. The molecule has 0 spiro atoms. The first-order valence-corrected chi connectivity index (χ1v) is 12.0. The Balaban J connectivity index is 2.24. The first-order valence-electron chi connectivity index (χ1n) is 11.2. The summed E-state index contributed by atoms with van der Waals surface area (Å²) in [6.45, 7) is 8.35. The lowest BCUT2D eigenvalue weighted by Crippen LogP contribution is -2.58. The molecule has 1 N–H and O–H groups in total. The van der Waals surface area contributed by atoms with Crippen molar-refractivity contribution < 1.29 is 9.90 Å². The molecule has 5 heteroatoms. The largest absolute Gasteiger partial charge is 0.394 e. The van der Waals surface area contributed by atoms with Crippen molar-refractivity contribution in [2.75, 3.05) is 6.61 Å². The summed E-state index contributed by atoms with van der Waals surface area (Å²) in [4.78, 5) is 16.0. The number of aliphatic hydroxyl groups is 1. The van der Waals surface area contributed by atoms with Gasteiger partial charge in [0.25, 0.3) is 0 Å². The second-order valence-corrected chi connectivity index (χ2v) is 9.92. The highest BCUT2D eigenvalue weighted by Gasteiger charge is 2.53. The highest BCUT2D eigenvalue weighted by Crippen LogP contribution is 2.53. The Morgan fingerprint density at radius 1 is 1.06 bits per heavy atom. The highest BCUT2D eigenvalue weighted by atomic mass is 35.5. The molecule has 0 bridgehead atoms. The molecule has 0 saturated carbocycles. The standard InChI is InChI=1S/C26H33Cl2NO2/c1-5-17(3)26(4)15-23(19-8-7-9-21(28)14-19)24(18-10-12-20(27)13-11-18)29(25(26)31)22(6-2)16-30/h7-14,17,22-24,30H,5-6,15-16H2,1-4H3/t17?,22-,23+,24+,26+/m0/s1. The summed E-state index contributed by atoms with van der Waals surface area (Å²) >= 11 is 12.6. The van der Waals surface area contributed by atoms with Crippen molar-refractivity contribution in [1.29, 1.82) is 0 Å². The number of halogens is 2. The number of carbonyl (C=O) groups is 1. The van der Waals surface area contributed by atoms with E-state index in [0.29, 0.717) is 16.5 Å². The number of hydrogen-bond donors (Lipinski definition) is 1. The van der Waals surface area contributed by atoms with Gasteiger partial charge in [0.2, 0.25) is 5.91 Å². The predicted octanol–water partition coefficient (Wildman–Crippen LogP) is 6.87. The Bertz CT molecular complexity index is 897. The zero-order chi connectivity index (χ0) is 22.8. The van der Waals surface area contributed by atoms with Gasteiger partial charge in [-0.3, -0.25) is 4.79 Å². The van der Waals surface area contributed by atoms with E-state index in [-0.39, 0.29) is 36.4 Å². The van der Waals surface area contributed by atoms with E-state index in [1.165, 1.54) is 0 Å². The minimum Gasteiger partial charge on any atom is -0.394 e. The zero-order valence-corrected chi connectivity index (χ0v) is 20.3. The Morgan fingerprint density at radius 3 is 2.29 bits per heavy atom. The SMILES string of the molecule is CCC(C)[C@@]1(C)C[C@H](c2cccc(Cl)c2)[C@@H](c2ccc(Cl)cc2)N([C@@H](CC)CO)C1=O. The van der Waals surface area contributed by atoms with Crippen LogP contribution in [0.1, 0.15) is 70.0 Å². The van der Waals surface area contributed by atoms with Crippen LogP contribution in [0.25, 0.3) is 0 Å². The Hall–Kier alpha value is -1.55. The monoisotopic (exact) mass is 461 g/mol. The van der Waals surface area contributed by atoms with E-state index in [0.717, 1.165) is 24.0 Å². The summed E-state index contributed by atoms with van der Waals surface area (Å²) in [5, 5.41) is 11.6. The number of piperidine rings is 1. The predicted molar refractivity (Wildman–Crippen MR) is 129 cm³/mol. The van der Waals surface area contributed by atoms with E-state index in [1.807, 2.05) is 54.3 Å². The Labute approximate surface area is 196 Å². The van der Waals surface area contributed by atoms with E-state index < -0.39 is 5.41 Å². The molecule has 1 aliphatic heterocycles. The van der Waals surface area contributed by atoms with Crippen LogP contribution in [0.15, 0.2) is 48.5 Å². The minimum absolute atomic E-state index is 0.0529. The van der Waals surface area contributed by atoms with Gasteiger partial charge in [0, 0.05) is 21.4 Å². The van der Waals surface area contributed by atoms with Crippen LogP contribution in [0, 0.1) is 11.3 Å². The van der Waals surface area contributed by atoms with Gasteiger partial charge in [-0.25, -0.2) is 0 Å². The van der Waals surface area contributed by atoms with Gasteiger partial charge in [-0.1, -0.05) is 81.6 Å². The van der Waals surface area contributed by atoms with Crippen LogP contribution in [0.4, 0.5) is 0 Å². The van der Waals surface area contributed by atoms with Crippen LogP contribution in [0.3, 0.4) is 0 Å². The maximum Gasteiger partial charge on any atom is 0.229 e. The third-order valence-electron chi connectivity index (χ3n) is 7.31. The molecule has 1 fully saturated rings. The summed E-state index contributed by atoms with van der Waals surface area (Å²) in [7, 11) is 0. The van der Waals surface area contributed by atoms with Crippen LogP contribution in [-0.4, -0.2) is 28.6 Å². The molecule has 1 unspecified atom stereocenters. The number of likely N-dealkylation sites (tertiary alicyclic amines) is 1. The average Bonchev–Trinajstić information content (AvgIpc) is 2.77. The van der Waals surface area contributed by atoms with Gasteiger partial charge in [0.1, 0.15) is 0 Å². The van der Waals surface area contributed by atoms with Gasteiger partial charge in [0.15, 0.2) is 0 Å². The minimum atomic E-state index is -0.521. The van der Waals surface area contributed by atoms with E-state index in [9.17, 15) is 9.90 Å². The van der Waals surface area contributed by atoms with E-state index in [4.69, 9.17) is 23.2 Å². The van der Waals surface area contributed by atoms with Crippen molar-refractivity contribution in [2.45, 2.75) is 65.0 Å². The summed E-state index contributed by atoms with van der Waals surface area (Å²) in [6.07, 6.45) is 2.33. The molecule has 3 nitrogen and oxygen atoms in total. The fourth-order valence-corrected chi connectivity index (χ4v) is 5.36. The molecule has 1 amide bonds. The highest BCUT2D eigenvalue weighted by molar-refractivity contribution is 6.30. The van der Waals surface area contributed by atoms with Crippen molar-refractivity contribution in [3.8, 4) is 0 Å². The van der Waals surface area contributed by atoms with E-state index in [1.54, 1.807) is 0 Å². The Kier molecular flexibility index (Phi) is 7.72. The van der Waals surface area contributed by atoms with Crippen molar-refractivity contribution in [1.82, 2.24) is 4.90 Å². The molecule has 3 rings (SSSR count). The third-order valence-corrected chi connectivity index (χ3v) is 7.80. The summed E-state index contributed by atoms with van der Waals surface area (Å²) in [5.41, 5.74) is 1.63. The summed E-state index contributed by atoms with van der Waals surface area (Å²) in [5.74, 6) is 0.393. The van der Waals surface area contributed by atoms with Crippen molar-refractivity contribution >= 4 is 29.1 Å². The molecule has 168 valence electrons. The lowest BCUT2D eigenvalue weighted by molar-refractivity contribution is -0.160. The molecule has 31 heavy (non-hydrogen) atoms. The summed E-state index contributed by atoms with van der Waals surface area (Å²) in [6, 6.07) is 15.3. The molecule has 1 aliphatic rings. The van der Waals surface area contributed by atoms with E-state index in [2.05, 4.69) is 26.8 Å². The molecule has 0 aromatic heterocycles. The smallest absolute Gasteiger partial charge is 0.229 e. The van der Waals surface area contributed by atoms with Crippen LogP contribution in [-0.2, 0) is 4.79 Å². The maximum atomic E-state index is 14.1. The van der Waals surface area contributed by atoms with Crippen LogP contribution >= 0.6 is 23.2 Å². The van der Waals surface area contributed by atoms with Gasteiger partial charge < -0.3 is 10.0 Å². The molecular weight excluding hydrogens is 429 g/mol. The first kappa shape index (κ1) is 24.1. The second-order valence-electron chi connectivity index (χ2n) is 9.05. The number of amides is 1. The van der Waals surface area contributed by atoms with Crippen LogP contribution < -0.4 is 0 Å². The summed E-state index contributed by atoms with van der Waals surface area (Å²) < 4.78 is 0. The van der Waals surface area contributed by atoms with Gasteiger partial charge in [-0.15, -0.1) is 0 Å². The normalized spacial score (nSPS) is 26.0. The van der Waals surface area contributed by atoms with Gasteiger partial charge >= 0.3 is 0 Å². The number of benzene rings is 2. The van der Waals surface area contributed by atoms with Gasteiger partial charge in [-0.05, 0) is 54.2 Å². The second kappa shape index (κ2) is 9.94. The maximum absolute atomic E-state index is 14.1. The third kappa shape index (κ3) is 4.65. The lowest BCUT2D eigenvalue weighted by Gasteiger charge is -2.53. The molecule has 2 aromatic carbocycles. The quantitative estimate of drug-likeness (QED) is 0.488. The van der Waals surface area contributed by atoms with Crippen LogP contribution in [0.5, 0.6) is 0 Å².